The Labute approximate surface area is 213 Å². The molecule has 6 heteroatoms. The molecule has 1 atom stereocenters. The summed E-state index contributed by atoms with van der Waals surface area (Å²) in [5.41, 5.74) is -0.0739. The van der Waals surface area contributed by atoms with Gasteiger partial charge in [-0.05, 0) is 35.4 Å². The molecule has 1 aliphatic rings. The number of benzene rings is 4. The van der Waals surface area contributed by atoms with Crippen molar-refractivity contribution in [3.05, 3.63) is 138 Å². The Kier molecular flexibility index (Phi) is 6.23. The topological polar surface area (TPSA) is 66.5 Å². The summed E-state index contributed by atoms with van der Waals surface area (Å²) in [5, 5.41) is 2.96. The van der Waals surface area contributed by atoms with Crippen LogP contribution in [0.25, 0.3) is 5.03 Å². The van der Waals surface area contributed by atoms with Crippen LogP contribution >= 0.6 is 11.6 Å². The van der Waals surface area contributed by atoms with Gasteiger partial charge in [-0.3, -0.25) is 19.3 Å². The molecule has 1 fully saturated rings. The number of hydrogen-bond acceptors (Lipinski definition) is 3. The Morgan fingerprint density at radius 1 is 0.694 bits per heavy atom. The van der Waals surface area contributed by atoms with Gasteiger partial charge < -0.3 is 5.32 Å². The van der Waals surface area contributed by atoms with Crippen molar-refractivity contribution in [2.24, 2.45) is 0 Å². The van der Waals surface area contributed by atoms with Crippen LogP contribution in [0.5, 0.6) is 0 Å². The van der Waals surface area contributed by atoms with Gasteiger partial charge in [-0.1, -0.05) is 109 Å². The number of nitrogens with one attached hydrogen (secondary N) is 1. The molecule has 1 saturated heterocycles. The summed E-state index contributed by atoms with van der Waals surface area (Å²) >= 11 is 6.91. The van der Waals surface area contributed by atoms with Crippen molar-refractivity contribution in [1.82, 2.24) is 0 Å². The third-order valence-electron chi connectivity index (χ3n) is 6.13. The normalized spacial score (nSPS) is 18.8. The maximum absolute atomic E-state index is 14.4. The van der Waals surface area contributed by atoms with Crippen LogP contribution in [-0.2, 0) is 19.9 Å². The number of halogens is 1. The number of anilines is 2. The third-order valence-corrected chi connectivity index (χ3v) is 6.54. The molecule has 4 aromatic carbocycles. The Morgan fingerprint density at radius 3 is 1.78 bits per heavy atom. The fourth-order valence-electron chi connectivity index (χ4n) is 4.55. The number of Topliss-reactive ketones (excluding diaryl/α,β-unsaturated/α-hetero) is 1. The van der Waals surface area contributed by atoms with E-state index in [0.29, 0.717) is 22.5 Å². The molecular formula is C30H21ClN2O3. The molecular weight excluding hydrogens is 472 g/mol. The quantitative estimate of drug-likeness (QED) is 0.283. The predicted molar refractivity (Wildman–Crippen MR) is 141 cm³/mol. The Bertz CT molecular complexity index is 1460. The van der Waals surface area contributed by atoms with Gasteiger partial charge in [-0.15, -0.1) is 0 Å². The van der Waals surface area contributed by atoms with Crippen molar-refractivity contribution in [3.8, 4) is 0 Å². The van der Waals surface area contributed by atoms with E-state index < -0.39 is 23.1 Å². The summed E-state index contributed by atoms with van der Waals surface area (Å²) in [5.74, 6) is -2.25. The van der Waals surface area contributed by atoms with Gasteiger partial charge in [0, 0.05) is 11.4 Å². The van der Waals surface area contributed by atoms with Crippen LogP contribution in [0.3, 0.4) is 0 Å². The minimum Gasteiger partial charge on any atom is -0.323 e. The fourth-order valence-corrected chi connectivity index (χ4v) is 4.90. The first-order valence-electron chi connectivity index (χ1n) is 11.4. The fraction of sp³-hybridized carbons (Fsp3) is 0.0333. The van der Waals surface area contributed by atoms with Crippen molar-refractivity contribution < 1.29 is 14.4 Å². The molecule has 5 nitrogen and oxygen atoms in total. The van der Waals surface area contributed by atoms with Crippen LogP contribution in [0.15, 0.2) is 127 Å². The number of amides is 2. The second kappa shape index (κ2) is 9.64. The van der Waals surface area contributed by atoms with Crippen molar-refractivity contribution >= 4 is 45.6 Å². The maximum atomic E-state index is 14.4. The number of para-hydroxylation sites is 2. The van der Waals surface area contributed by atoms with E-state index in [0.717, 1.165) is 0 Å². The summed E-state index contributed by atoms with van der Waals surface area (Å²) < 4.78 is 0. The van der Waals surface area contributed by atoms with E-state index in [2.05, 4.69) is 5.32 Å². The molecule has 5 rings (SSSR count). The van der Waals surface area contributed by atoms with Gasteiger partial charge in [0.2, 0.25) is 0 Å². The zero-order valence-corrected chi connectivity index (χ0v) is 19.9. The van der Waals surface area contributed by atoms with E-state index in [-0.39, 0.29) is 10.6 Å². The first-order chi connectivity index (χ1) is 17.5. The molecule has 2 amide bonds. The highest BCUT2D eigenvalue weighted by atomic mass is 35.5. The zero-order chi connectivity index (χ0) is 25.1. The Hall–Kier alpha value is -4.48. The minimum atomic E-state index is -1.86. The summed E-state index contributed by atoms with van der Waals surface area (Å²) in [6.07, 6.45) is 0. The largest absolute Gasteiger partial charge is 0.323 e. The standard InChI is InChI=1S/C30H21ClN2O3/c31-26(21-13-5-1-6-14-21)25-27(34)28(35)33(24-19-11-4-12-20-24)30(25,22-15-7-2-8-16-22)29(36)32-23-17-9-3-10-18-23/h1-20H,(H,32,36)/t30-/m1/s1. The van der Waals surface area contributed by atoms with Crippen LogP contribution in [0.2, 0.25) is 0 Å². The van der Waals surface area contributed by atoms with Crippen molar-refractivity contribution in [2.45, 2.75) is 5.54 Å². The van der Waals surface area contributed by atoms with Gasteiger partial charge in [0.05, 0.1) is 10.6 Å². The van der Waals surface area contributed by atoms with Crippen molar-refractivity contribution in [3.63, 3.8) is 0 Å². The maximum Gasteiger partial charge on any atom is 0.300 e. The molecule has 1 N–H and O–H groups in total. The van der Waals surface area contributed by atoms with Crippen molar-refractivity contribution in [1.29, 1.82) is 0 Å². The van der Waals surface area contributed by atoms with Gasteiger partial charge in [-0.25, -0.2) is 0 Å². The minimum absolute atomic E-state index is 0.0412. The predicted octanol–water partition coefficient (Wildman–Crippen LogP) is 5.79. The summed E-state index contributed by atoms with van der Waals surface area (Å²) in [6.45, 7) is 0. The number of rotatable bonds is 5. The van der Waals surface area contributed by atoms with Gasteiger partial charge in [0.15, 0.2) is 5.54 Å². The van der Waals surface area contributed by atoms with E-state index in [4.69, 9.17) is 11.6 Å². The lowest BCUT2D eigenvalue weighted by Gasteiger charge is -2.38. The molecule has 0 aromatic heterocycles. The Balaban J connectivity index is 1.86. The summed E-state index contributed by atoms with van der Waals surface area (Å²) in [4.78, 5) is 43.1. The molecule has 176 valence electrons. The Morgan fingerprint density at radius 2 is 1.19 bits per heavy atom. The highest BCUT2D eigenvalue weighted by Crippen LogP contribution is 2.49. The molecule has 0 saturated carbocycles. The lowest BCUT2D eigenvalue weighted by Crippen LogP contribution is -2.53. The van der Waals surface area contributed by atoms with Gasteiger partial charge in [0.1, 0.15) is 0 Å². The molecule has 36 heavy (non-hydrogen) atoms. The van der Waals surface area contributed by atoms with E-state index >= 15 is 0 Å². The molecule has 4 aromatic rings. The van der Waals surface area contributed by atoms with Crippen LogP contribution in [0, 0.1) is 0 Å². The average molecular weight is 493 g/mol. The molecule has 1 heterocycles. The zero-order valence-electron chi connectivity index (χ0n) is 19.1. The van der Waals surface area contributed by atoms with Crippen LogP contribution < -0.4 is 10.2 Å². The number of hydrogen-bond donors (Lipinski definition) is 1. The number of carbonyl (C=O) groups excluding carboxylic acids is 3. The molecule has 0 spiro atoms. The monoisotopic (exact) mass is 492 g/mol. The van der Waals surface area contributed by atoms with Crippen LogP contribution in [0.1, 0.15) is 11.1 Å². The highest BCUT2D eigenvalue weighted by Gasteiger charge is 2.62. The molecule has 0 radical (unpaired) electrons. The van der Waals surface area contributed by atoms with E-state index in [1.807, 2.05) is 12.1 Å². The average Bonchev–Trinajstić information content (AvgIpc) is 3.17. The third kappa shape index (κ3) is 3.80. The molecule has 1 aliphatic heterocycles. The SMILES string of the molecule is O=C1C(=O)N(c2ccccc2)[C@](C(=O)Nc2ccccc2)(c2ccccc2)C1=C(Cl)c1ccccc1. The van der Waals surface area contributed by atoms with Crippen LogP contribution in [0.4, 0.5) is 11.4 Å². The summed E-state index contributed by atoms with van der Waals surface area (Å²) in [7, 11) is 0. The van der Waals surface area contributed by atoms with Crippen molar-refractivity contribution in [2.75, 3.05) is 10.2 Å². The first-order valence-corrected chi connectivity index (χ1v) is 11.7. The van der Waals surface area contributed by atoms with Gasteiger partial charge in [0.25, 0.3) is 11.7 Å². The smallest absolute Gasteiger partial charge is 0.300 e. The molecule has 0 bridgehead atoms. The van der Waals surface area contributed by atoms with E-state index in [1.54, 1.807) is 109 Å². The molecule has 0 aliphatic carbocycles. The highest BCUT2D eigenvalue weighted by molar-refractivity contribution is 6.61. The first kappa shape index (κ1) is 23.3. The lowest BCUT2D eigenvalue weighted by atomic mass is 9.80. The second-order valence-electron chi connectivity index (χ2n) is 8.26. The number of carbonyl (C=O) groups is 3. The van der Waals surface area contributed by atoms with E-state index in [9.17, 15) is 14.4 Å². The summed E-state index contributed by atoms with van der Waals surface area (Å²) in [6, 6.07) is 35.2. The second-order valence-corrected chi connectivity index (χ2v) is 8.63. The number of ketones is 1. The number of nitrogens with zero attached hydrogens (tertiary/aromatic N) is 1. The van der Waals surface area contributed by atoms with Gasteiger partial charge >= 0.3 is 5.91 Å². The van der Waals surface area contributed by atoms with Gasteiger partial charge in [-0.2, -0.15) is 0 Å². The van der Waals surface area contributed by atoms with Crippen LogP contribution in [-0.4, -0.2) is 17.6 Å². The lowest BCUT2D eigenvalue weighted by molar-refractivity contribution is -0.132. The van der Waals surface area contributed by atoms with E-state index in [1.165, 1.54) is 4.90 Å². The molecule has 0 unspecified atom stereocenters.